The summed E-state index contributed by atoms with van der Waals surface area (Å²) < 4.78 is 14.2. The number of esters is 1. The van der Waals surface area contributed by atoms with Gasteiger partial charge in [-0.3, -0.25) is 4.79 Å². The van der Waals surface area contributed by atoms with Gasteiger partial charge in [-0.05, 0) is 17.3 Å². The van der Waals surface area contributed by atoms with E-state index in [0.29, 0.717) is 0 Å². The summed E-state index contributed by atoms with van der Waals surface area (Å²) in [5.41, 5.74) is 0.299. The fourth-order valence-corrected chi connectivity index (χ4v) is 2.15. The normalized spacial score (nSPS) is 10.2. The number of hydrogen-bond acceptors (Lipinski definition) is 6. The van der Waals surface area contributed by atoms with E-state index in [-0.39, 0.29) is 32.9 Å². The predicted molar refractivity (Wildman–Crippen MR) is 78.8 cm³/mol. The molecular weight excluding hydrogens is 335 g/mol. The van der Waals surface area contributed by atoms with Gasteiger partial charge in [-0.2, -0.15) is 0 Å². The summed E-state index contributed by atoms with van der Waals surface area (Å²) >= 11 is 12.0. The van der Waals surface area contributed by atoms with Crippen LogP contribution in [-0.2, 0) is 4.74 Å². The number of rotatable bonds is 4. The molecule has 22 heavy (non-hydrogen) atoms. The number of nitrogens with one attached hydrogen (secondary N) is 1. The Bertz CT molecular complexity index is 706. The van der Waals surface area contributed by atoms with Gasteiger partial charge < -0.3 is 19.3 Å². The molecule has 1 N–H and O–H groups in total. The van der Waals surface area contributed by atoms with Crippen molar-refractivity contribution in [2.75, 3.05) is 19.5 Å². The Labute approximate surface area is 135 Å². The van der Waals surface area contributed by atoms with Gasteiger partial charge in [0.05, 0.1) is 41.6 Å². The highest BCUT2D eigenvalue weighted by Crippen LogP contribution is 2.32. The molecule has 0 atom stereocenters. The number of methoxy groups -OCH3 is 2. The minimum Gasteiger partial charge on any atom is -0.479 e. The molecule has 1 amide bonds. The molecule has 0 saturated heterocycles. The van der Waals surface area contributed by atoms with E-state index >= 15 is 0 Å². The van der Waals surface area contributed by atoms with Crippen molar-refractivity contribution in [3.8, 4) is 5.88 Å². The van der Waals surface area contributed by atoms with Crippen molar-refractivity contribution in [1.82, 2.24) is 5.16 Å². The van der Waals surface area contributed by atoms with Crippen molar-refractivity contribution in [3.63, 3.8) is 0 Å². The van der Waals surface area contributed by atoms with Gasteiger partial charge in [0, 0.05) is 0 Å². The summed E-state index contributed by atoms with van der Waals surface area (Å²) in [5, 5.41) is 6.13. The van der Waals surface area contributed by atoms with E-state index in [1.165, 1.54) is 32.4 Å². The van der Waals surface area contributed by atoms with Crippen LogP contribution in [0.4, 0.5) is 5.69 Å². The zero-order chi connectivity index (χ0) is 16.3. The third-order valence-corrected chi connectivity index (χ3v) is 3.22. The molecule has 116 valence electrons. The lowest BCUT2D eigenvalue weighted by Gasteiger charge is -2.09. The van der Waals surface area contributed by atoms with Gasteiger partial charge >= 0.3 is 5.97 Å². The van der Waals surface area contributed by atoms with E-state index in [1.807, 2.05) is 0 Å². The Kier molecular flexibility index (Phi) is 4.89. The van der Waals surface area contributed by atoms with Gasteiger partial charge in [0.2, 0.25) is 5.76 Å². The number of carbonyl (C=O) groups excluding carboxylic acids is 2. The van der Waals surface area contributed by atoms with E-state index in [9.17, 15) is 9.59 Å². The van der Waals surface area contributed by atoms with E-state index in [1.54, 1.807) is 0 Å². The van der Waals surface area contributed by atoms with Crippen LogP contribution in [0.2, 0.25) is 10.0 Å². The lowest BCUT2D eigenvalue weighted by Crippen LogP contribution is -2.12. The minimum atomic E-state index is -0.620. The fourth-order valence-electron chi connectivity index (χ4n) is 1.57. The number of aromatic nitrogens is 1. The summed E-state index contributed by atoms with van der Waals surface area (Å²) in [6.45, 7) is 0. The SMILES string of the molecule is COC(=O)c1cc(Cl)c(NC(=O)c2cc(OC)no2)c(Cl)c1. The molecule has 0 bridgehead atoms. The van der Waals surface area contributed by atoms with Crippen LogP contribution < -0.4 is 10.1 Å². The molecule has 1 aromatic carbocycles. The molecule has 0 aliphatic carbocycles. The van der Waals surface area contributed by atoms with Crippen molar-refractivity contribution < 1.29 is 23.6 Å². The van der Waals surface area contributed by atoms with Crippen molar-refractivity contribution in [2.24, 2.45) is 0 Å². The molecule has 0 unspecified atom stereocenters. The molecule has 1 heterocycles. The van der Waals surface area contributed by atoms with Crippen LogP contribution in [0, 0.1) is 0 Å². The zero-order valence-electron chi connectivity index (χ0n) is 11.5. The maximum atomic E-state index is 12.0. The second-order valence-electron chi connectivity index (χ2n) is 3.99. The topological polar surface area (TPSA) is 90.7 Å². The quantitative estimate of drug-likeness (QED) is 0.857. The lowest BCUT2D eigenvalue weighted by molar-refractivity contribution is 0.0600. The fraction of sp³-hybridized carbons (Fsp3) is 0.154. The molecule has 0 aliphatic heterocycles. The first-order valence-corrected chi connectivity index (χ1v) is 6.61. The van der Waals surface area contributed by atoms with E-state index in [2.05, 4.69) is 15.2 Å². The number of hydrogen-bond donors (Lipinski definition) is 1. The highest BCUT2D eigenvalue weighted by atomic mass is 35.5. The molecule has 0 saturated carbocycles. The van der Waals surface area contributed by atoms with Gasteiger partial charge in [0.15, 0.2) is 0 Å². The number of ether oxygens (including phenoxy) is 2. The smallest absolute Gasteiger partial charge is 0.337 e. The van der Waals surface area contributed by atoms with Gasteiger partial charge in [-0.25, -0.2) is 4.79 Å². The first-order chi connectivity index (χ1) is 10.5. The van der Waals surface area contributed by atoms with Crippen LogP contribution in [0.3, 0.4) is 0 Å². The third kappa shape index (κ3) is 3.32. The van der Waals surface area contributed by atoms with E-state index in [4.69, 9.17) is 32.5 Å². The summed E-state index contributed by atoms with van der Waals surface area (Å²) in [4.78, 5) is 23.5. The number of carbonyl (C=O) groups is 2. The third-order valence-electron chi connectivity index (χ3n) is 2.62. The van der Waals surface area contributed by atoms with Gasteiger partial charge in [0.1, 0.15) is 0 Å². The molecule has 0 spiro atoms. The highest BCUT2D eigenvalue weighted by Gasteiger charge is 2.19. The maximum absolute atomic E-state index is 12.0. The van der Waals surface area contributed by atoms with Crippen LogP contribution >= 0.6 is 23.2 Å². The standard InChI is InChI=1S/C13H10Cl2N2O5/c1-20-10-5-9(22-17-10)12(18)16-11-7(14)3-6(4-8(11)15)13(19)21-2/h3-5H,1-2H3,(H,16,18). The maximum Gasteiger partial charge on any atom is 0.337 e. The van der Waals surface area contributed by atoms with Crippen LogP contribution in [-0.4, -0.2) is 31.3 Å². The summed E-state index contributed by atoms with van der Waals surface area (Å²) in [6, 6.07) is 3.96. The summed E-state index contributed by atoms with van der Waals surface area (Å²) in [5.74, 6) is -1.14. The number of amides is 1. The number of anilines is 1. The van der Waals surface area contributed by atoms with Crippen LogP contribution in [0.1, 0.15) is 20.9 Å². The molecule has 2 rings (SSSR count). The van der Waals surface area contributed by atoms with Crippen molar-refractivity contribution in [3.05, 3.63) is 39.6 Å². The van der Waals surface area contributed by atoms with Crippen LogP contribution in [0.5, 0.6) is 5.88 Å². The summed E-state index contributed by atoms with van der Waals surface area (Å²) in [7, 11) is 2.62. The van der Waals surface area contributed by atoms with E-state index in [0.717, 1.165) is 0 Å². The van der Waals surface area contributed by atoms with Gasteiger partial charge in [-0.15, -0.1) is 0 Å². The molecule has 0 aliphatic rings. The Balaban J connectivity index is 2.26. The zero-order valence-corrected chi connectivity index (χ0v) is 13.0. The average molecular weight is 345 g/mol. The van der Waals surface area contributed by atoms with Crippen molar-refractivity contribution in [1.29, 1.82) is 0 Å². The number of benzene rings is 1. The second-order valence-corrected chi connectivity index (χ2v) is 4.81. The first kappa shape index (κ1) is 16.1. The predicted octanol–water partition coefficient (Wildman–Crippen LogP) is 3.03. The Hall–Kier alpha value is -2.25. The lowest BCUT2D eigenvalue weighted by atomic mass is 10.2. The number of nitrogens with zero attached hydrogens (tertiary/aromatic N) is 1. The van der Waals surface area contributed by atoms with Gasteiger partial charge in [-0.1, -0.05) is 23.2 Å². The highest BCUT2D eigenvalue weighted by molar-refractivity contribution is 6.40. The molecule has 7 nitrogen and oxygen atoms in total. The molecule has 2 aromatic rings. The van der Waals surface area contributed by atoms with Crippen LogP contribution in [0.15, 0.2) is 22.7 Å². The second kappa shape index (κ2) is 6.67. The number of halogens is 2. The molecule has 0 radical (unpaired) electrons. The largest absolute Gasteiger partial charge is 0.479 e. The monoisotopic (exact) mass is 344 g/mol. The van der Waals surface area contributed by atoms with Crippen molar-refractivity contribution in [2.45, 2.75) is 0 Å². The molecule has 1 aromatic heterocycles. The minimum absolute atomic E-state index is 0.0766. The Morgan fingerprint density at radius 3 is 2.32 bits per heavy atom. The van der Waals surface area contributed by atoms with Crippen molar-refractivity contribution >= 4 is 40.8 Å². The average Bonchev–Trinajstić information content (AvgIpc) is 2.98. The van der Waals surface area contributed by atoms with Gasteiger partial charge in [0.25, 0.3) is 11.8 Å². The Morgan fingerprint density at radius 2 is 1.82 bits per heavy atom. The van der Waals surface area contributed by atoms with Crippen LogP contribution in [0.25, 0.3) is 0 Å². The molecular formula is C13H10Cl2N2O5. The Morgan fingerprint density at radius 1 is 1.18 bits per heavy atom. The molecule has 0 fully saturated rings. The first-order valence-electron chi connectivity index (χ1n) is 5.85. The summed E-state index contributed by atoms with van der Waals surface area (Å²) in [6.07, 6.45) is 0. The molecule has 9 heteroatoms. The van der Waals surface area contributed by atoms with E-state index < -0.39 is 11.9 Å².